The monoisotopic (exact) mass is 189 g/mol. The van der Waals surface area contributed by atoms with Crippen molar-refractivity contribution in [3.63, 3.8) is 0 Å². The van der Waals surface area contributed by atoms with Crippen LogP contribution in [0.5, 0.6) is 5.75 Å². The van der Waals surface area contributed by atoms with E-state index in [-0.39, 0.29) is 0 Å². The summed E-state index contributed by atoms with van der Waals surface area (Å²) < 4.78 is 0. The number of aromatic hydroxyl groups is 1. The normalized spacial score (nSPS) is 21.8. The molecule has 0 aliphatic carbocycles. The van der Waals surface area contributed by atoms with Crippen molar-refractivity contribution < 1.29 is 5.11 Å². The van der Waals surface area contributed by atoms with E-state index in [0.29, 0.717) is 11.7 Å². The van der Waals surface area contributed by atoms with Gasteiger partial charge < -0.3 is 10.4 Å². The molecule has 0 spiro atoms. The first-order valence-electron chi connectivity index (χ1n) is 4.92. The lowest BCUT2D eigenvalue weighted by atomic mass is 9.94. The lowest BCUT2D eigenvalue weighted by molar-refractivity contribution is 0.474. The van der Waals surface area contributed by atoms with Gasteiger partial charge in [0.15, 0.2) is 0 Å². The highest BCUT2D eigenvalue weighted by molar-refractivity contribution is 5.33. The number of phenols is 1. The molecule has 0 saturated heterocycles. The van der Waals surface area contributed by atoms with E-state index in [9.17, 15) is 5.11 Å². The number of rotatable bonds is 1. The summed E-state index contributed by atoms with van der Waals surface area (Å²) in [4.78, 5) is 0. The second-order valence-electron chi connectivity index (χ2n) is 3.85. The third-order valence-electron chi connectivity index (χ3n) is 2.55. The van der Waals surface area contributed by atoms with Gasteiger partial charge in [0.1, 0.15) is 5.75 Å². The molecule has 0 fully saturated rings. The maximum absolute atomic E-state index is 9.37. The van der Waals surface area contributed by atoms with Crippen LogP contribution in [0.2, 0.25) is 0 Å². The second-order valence-corrected chi connectivity index (χ2v) is 3.85. The van der Waals surface area contributed by atoms with Gasteiger partial charge in [0.05, 0.1) is 0 Å². The Hall–Kier alpha value is -1.28. The molecular weight excluding hydrogens is 174 g/mol. The van der Waals surface area contributed by atoms with Crippen molar-refractivity contribution in [3.05, 3.63) is 41.5 Å². The van der Waals surface area contributed by atoms with Gasteiger partial charge in [-0.3, -0.25) is 0 Å². The van der Waals surface area contributed by atoms with Gasteiger partial charge in [-0.05, 0) is 24.6 Å². The summed E-state index contributed by atoms with van der Waals surface area (Å²) in [5.74, 6) is 0.745. The molecule has 0 saturated carbocycles. The Kier molecular flexibility index (Phi) is 2.55. The molecule has 1 atom stereocenters. The SMILES string of the molecule is CC1=CC(c2cccc(O)c2)CNC1. The Morgan fingerprint density at radius 2 is 2.29 bits per heavy atom. The molecule has 1 unspecified atom stereocenters. The van der Waals surface area contributed by atoms with Crippen LogP contribution >= 0.6 is 0 Å². The highest BCUT2D eigenvalue weighted by Crippen LogP contribution is 2.23. The molecule has 2 heteroatoms. The third-order valence-corrected chi connectivity index (χ3v) is 2.55. The summed E-state index contributed by atoms with van der Waals surface area (Å²) in [6.45, 7) is 4.07. The summed E-state index contributed by atoms with van der Waals surface area (Å²) in [5, 5.41) is 12.7. The Morgan fingerprint density at radius 3 is 3.00 bits per heavy atom. The number of hydrogen-bond acceptors (Lipinski definition) is 2. The zero-order chi connectivity index (χ0) is 9.97. The molecule has 1 aliphatic rings. The van der Waals surface area contributed by atoms with E-state index in [1.807, 2.05) is 12.1 Å². The lowest BCUT2D eigenvalue weighted by Gasteiger charge is -2.21. The van der Waals surface area contributed by atoms with E-state index in [1.165, 1.54) is 11.1 Å². The van der Waals surface area contributed by atoms with E-state index in [2.05, 4.69) is 24.4 Å². The van der Waals surface area contributed by atoms with Gasteiger partial charge in [-0.25, -0.2) is 0 Å². The zero-order valence-corrected chi connectivity index (χ0v) is 8.33. The third kappa shape index (κ3) is 1.96. The highest BCUT2D eigenvalue weighted by atomic mass is 16.3. The van der Waals surface area contributed by atoms with Crippen LogP contribution in [0.1, 0.15) is 18.4 Å². The van der Waals surface area contributed by atoms with Crippen LogP contribution in [0.15, 0.2) is 35.9 Å². The summed E-state index contributed by atoms with van der Waals surface area (Å²) in [5.41, 5.74) is 2.54. The first-order valence-corrected chi connectivity index (χ1v) is 4.92. The van der Waals surface area contributed by atoms with Gasteiger partial charge in [0.25, 0.3) is 0 Å². The summed E-state index contributed by atoms with van der Waals surface area (Å²) in [6, 6.07) is 7.49. The quantitative estimate of drug-likeness (QED) is 0.662. The van der Waals surface area contributed by atoms with Crippen molar-refractivity contribution in [3.8, 4) is 5.75 Å². The molecule has 0 amide bonds. The fourth-order valence-corrected chi connectivity index (χ4v) is 1.86. The van der Waals surface area contributed by atoms with Crippen LogP contribution in [0.25, 0.3) is 0 Å². The maximum atomic E-state index is 9.37. The molecule has 0 bridgehead atoms. The number of phenolic OH excluding ortho intramolecular Hbond substituents is 1. The molecule has 2 N–H and O–H groups in total. The van der Waals surface area contributed by atoms with Gasteiger partial charge >= 0.3 is 0 Å². The molecule has 14 heavy (non-hydrogen) atoms. The minimum absolute atomic E-state index is 0.346. The van der Waals surface area contributed by atoms with Crippen molar-refractivity contribution in [2.24, 2.45) is 0 Å². The predicted octanol–water partition coefficient (Wildman–Crippen LogP) is 2.03. The second kappa shape index (κ2) is 3.84. The highest BCUT2D eigenvalue weighted by Gasteiger charge is 2.12. The van der Waals surface area contributed by atoms with Crippen LogP contribution in [0, 0.1) is 0 Å². The van der Waals surface area contributed by atoms with E-state index >= 15 is 0 Å². The molecule has 1 aromatic carbocycles. The van der Waals surface area contributed by atoms with Crippen LogP contribution < -0.4 is 5.32 Å². The Balaban J connectivity index is 2.26. The van der Waals surface area contributed by atoms with Crippen molar-refractivity contribution in [2.45, 2.75) is 12.8 Å². The number of hydrogen-bond donors (Lipinski definition) is 2. The number of benzene rings is 1. The average Bonchev–Trinajstić information content (AvgIpc) is 2.18. The van der Waals surface area contributed by atoms with E-state index in [1.54, 1.807) is 6.07 Å². The van der Waals surface area contributed by atoms with Gasteiger partial charge in [-0.2, -0.15) is 0 Å². The molecule has 0 aromatic heterocycles. The first kappa shape index (κ1) is 9.28. The van der Waals surface area contributed by atoms with Gasteiger partial charge in [-0.1, -0.05) is 23.8 Å². The van der Waals surface area contributed by atoms with Crippen molar-refractivity contribution in [1.82, 2.24) is 5.32 Å². The van der Waals surface area contributed by atoms with E-state index in [0.717, 1.165) is 13.1 Å². The Labute approximate surface area is 84.3 Å². The maximum Gasteiger partial charge on any atom is 0.115 e. The lowest BCUT2D eigenvalue weighted by Crippen LogP contribution is -2.27. The molecule has 1 aliphatic heterocycles. The summed E-state index contributed by atoms with van der Waals surface area (Å²) >= 11 is 0. The van der Waals surface area contributed by atoms with Gasteiger partial charge in [0.2, 0.25) is 0 Å². The van der Waals surface area contributed by atoms with Crippen LogP contribution in [0.4, 0.5) is 0 Å². The van der Waals surface area contributed by atoms with Gasteiger partial charge in [0, 0.05) is 19.0 Å². The Morgan fingerprint density at radius 1 is 1.43 bits per heavy atom. The molecular formula is C12H15NO. The first-order chi connectivity index (χ1) is 6.75. The molecule has 2 nitrogen and oxygen atoms in total. The molecule has 0 radical (unpaired) electrons. The molecule has 1 aromatic rings. The standard InChI is InChI=1S/C12H15NO/c1-9-5-11(8-13-7-9)10-3-2-4-12(14)6-10/h2-6,11,13-14H,7-8H2,1H3. The van der Waals surface area contributed by atoms with Crippen molar-refractivity contribution in [2.75, 3.05) is 13.1 Å². The van der Waals surface area contributed by atoms with E-state index < -0.39 is 0 Å². The minimum Gasteiger partial charge on any atom is -0.508 e. The van der Waals surface area contributed by atoms with Crippen molar-refractivity contribution >= 4 is 0 Å². The van der Waals surface area contributed by atoms with Crippen LogP contribution in [-0.4, -0.2) is 18.2 Å². The molecule has 1 heterocycles. The Bertz CT molecular complexity index is 357. The molecule has 74 valence electrons. The minimum atomic E-state index is 0.346. The van der Waals surface area contributed by atoms with Gasteiger partial charge in [-0.15, -0.1) is 0 Å². The summed E-state index contributed by atoms with van der Waals surface area (Å²) in [6.07, 6.45) is 2.27. The van der Waals surface area contributed by atoms with Crippen LogP contribution in [0.3, 0.4) is 0 Å². The van der Waals surface area contributed by atoms with Crippen molar-refractivity contribution in [1.29, 1.82) is 0 Å². The average molecular weight is 189 g/mol. The number of nitrogens with one attached hydrogen (secondary N) is 1. The summed E-state index contributed by atoms with van der Waals surface area (Å²) in [7, 11) is 0. The fraction of sp³-hybridized carbons (Fsp3) is 0.333. The topological polar surface area (TPSA) is 32.3 Å². The smallest absolute Gasteiger partial charge is 0.115 e. The zero-order valence-electron chi connectivity index (χ0n) is 8.33. The molecule has 2 rings (SSSR count). The van der Waals surface area contributed by atoms with Crippen LogP contribution in [-0.2, 0) is 0 Å². The van der Waals surface area contributed by atoms with E-state index in [4.69, 9.17) is 0 Å². The largest absolute Gasteiger partial charge is 0.508 e. The fourth-order valence-electron chi connectivity index (χ4n) is 1.86. The predicted molar refractivity (Wildman–Crippen MR) is 57.5 cm³/mol.